The summed E-state index contributed by atoms with van der Waals surface area (Å²) in [7, 11) is 1.80. The Kier molecular flexibility index (Phi) is 7.30. The Morgan fingerprint density at radius 1 is 1.08 bits per heavy atom. The van der Waals surface area contributed by atoms with E-state index in [1.165, 1.54) is 0 Å². The Balaban J connectivity index is 2.81. The number of nitrogens with one attached hydrogen (secondary N) is 2. The Hall–Kier alpha value is -1.52. The van der Waals surface area contributed by atoms with Crippen LogP contribution in [0.25, 0.3) is 0 Å². The van der Waals surface area contributed by atoms with Crippen LogP contribution in [0.1, 0.15) is 46.6 Å². The van der Waals surface area contributed by atoms with Crippen molar-refractivity contribution in [3.63, 3.8) is 0 Å². The molecular formula is C20H32N2O2. The summed E-state index contributed by atoms with van der Waals surface area (Å²) in [4.78, 5) is 24.9. The number of rotatable bonds is 10. The molecule has 1 aromatic carbocycles. The molecule has 0 aliphatic rings. The Bertz CT molecular complexity index is 556. The third-order valence-electron chi connectivity index (χ3n) is 4.80. The minimum absolute atomic E-state index is 0.0603. The molecule has 0 heterocycles. The molecule has 0 aliphatic heterocycles. The summed E-state index contributed by atoms with van der Waals surface area (Å²) in [5, 5.41) is 6.37. The molecule has 0 bridgehead atoms. The smallest absolute Gasteiger partial charge is 0.166 e. The van der Waals surface area contributed by atoms with Crippen molar-refractivity contribution in [2.75, 3.05) is 13.6 Å². The fraction of sp³-hybridized carbons (Fsp3) is 0.600. The second-order valence-electron chi connectivity index (χ2n) is 7.51. The van der Waals surface area contributed by atoms with E-state index in [0.29, 0.717) is 18.8 Å². The summed E-state index contributed by atoms with van der Waals surface area (Å²) in [5.74, 6) is 0.504. The van der Waals surface area contributed by atoms with Gasteiger partial charge in [-0.05, 0) is 52.1 Å². The number of carbonyl (C=O) groups is 2. The fourth-order valence-corrected chi connectivity index (χ4v) is 2.96. The highest BCUT2D eigenvalue weighted by atomic mass is 16.1. The highest BCUT2D eigenvalue weighted by Gasteiger charge is 2.35. The van der Waals surface area contributed by atoms with Gasteiger partial charge < -0.3 is 5.32 Å². The maximum Gasteiger partial charge on any atom is 0.166 e. The molecule has 0 saturated carbocycles. The summed E-state index contributed by atoms with van der Waals surface area (Å²) in [6, 6.07) is 9.96. The molecule has 0 aliphatic carbocycles. The number of hydrogen-bond acceptors (Lipinski definition) is 4. The molecule has 2 N–H and O–H groups in total. The first-order valence-corrected chi connectivity index (χ1v) is 8.65. The van der Waals surface area contributed by atoms with Gasteiger partial charge in [-0.2, -0.15) is 0 Å². The first-order chi connectivity index (χ1) is 11.1. The Labute approximate surface area is 146 Å². The van der Waals surface area contributed by atoms with E-state index in [2.05, 4.69) is 24.5 Å². The van der Waals surface area contributed by atoms with Crippen molar-refractivity contribution in [1.82, 2.24) is 10.6 Å². The summed E-state index contributed by atoms with van der Waals surface area (Å²) in [6.45, 7) is 9.72. The van der Waals surface area contributed by atoms with Crippen molar-refractivity contribution in [3.8, 4) is 0 Å². The summed E-state index contributed by atoms with van der Waals surface area (Å²) < 4.78 is 0. The number of likely N-dealkylation sites (N-methyl/N-ethyl adjacent to an activating group) is 1. The van der Waals surface area contributed by atoms with Crippen molar-refractivity contribution in [2.24, 2.45) is 5.92 Å². The average Bonchev–Trinajstić information content (AvgIpc) is 2.52. The first-order valence-electron chi connectivity index (χ1n) is 8.65. The van der Waals surface area contributed by atoms with E-state index in [4.69, 9.17) is 0 Å². The van der Waals surface area contributed by atoms with Crippen LogP contribution < -0.4 is 10.6 Å². The van der Waals surface area contributed by atoms with Gasteiger partial charge in [0, 0.05) is 0 Å². The van der Waals surface area contributed by atoms with Gasteiger partial charge in [0.15, 0.2) is 5.78 Å². The maximum absolute atomic E-state index is 12.8. The molecule has 4 nitrogen and oxygen atoms in total. The quantitative estimate of drug-likeness (QED) is 0.692. The highest BCUT2D eigenvalue weighted by Crippen LogP contribution is 2.19. The van der Waals surface area contributed by atoms with E-state index in [9.17, 15) is 9.59 Å². The van der Waals surface area contributed by atoms with E-state index in [1.54, 1.807) is 14.0 Å². The lowest BCUT2D eigenvalue weighted by molar-refractivity contribution is -0.126. The molecule has 0 amide bonds. The van der Waals surface area contributed by atoms with Crippen LogP contribution >= 0.6 is 0 Å². The van der Waals surface area contributed by atoms with Crippen molar-refractivity contribution in [3.05, 3.63) is 35.9 Å². The zero-order valence-corrected chi connectivity index (χ0v) is 15.9. The molecule has 4 heteroatoms. The first kappa shape index (κ1) is 20.5. The van der Waals surface area contributed by atoms with Crippen molar-refractivity contribution < 1.29 is 9.59 Å². The molecule has 134 valence electrons. The molecule has 2 atom stereocenters. The van der Waals surface area contributed by atoms with Gasteiger partial charge in [0.05, 0.1) is 17.6 Å². The predicted molar refractivity (Wildman–Crippen MR) is 99.2 cm³/mol. The number of benzene rings is 1. The molecule has 24 heavy (non-hydrogen) atoms. The third kappa shape index (κ3) is 5.53. The molecule has 0 radical (unpaired) electrons. The van der Waals surface area contributed by atoms with Crippen LogP contribution in [0.4, 0.5) is 0 Å². The van der Waals surface area contributed by atoms with E-state index >= 15 is 0 Å². The molecular weight excluding hydrogens is 300 g/mol. The fourth-order valence-electron chi connectivity index (χ4n) is 2.96. The van der Waals surface area contributed by atoms with Crippen LogP contribution in [-0.2, 0) is 16.0 Å². The Morgan fingerprint density at radius 2 is 1.67 bits per heavy atom. The largest absolute Gasteiger partial charge is 0.308 e. The number of hydrogen-bond donors (Lipinski definition) is 2. The third-order valence-corrected chi connectivity index (χ3v) is 4.80. The lowest BCUT2D eigenvalue weighted by Gasteiger charge is -2.33. The van der Waals surface area contributed by atoms with Gasteiger partial charge in [-0.25, -0.2) is 0 Å². The van der Waals surface area contributed by atoms with Crippen LogP contribution in [0.5, 0.6) is 0 Å². The van der Waals surface area contributed by atoms with E-state index < -0.39 is 11.1 Å². The zero-order valence-electron chi connectivity index (χ0n) is 15.9. The second kappa shape index (κ2) is 8.54. The van der Waals surface area contributed by atoms with Gasteiger partial charge in [-0.3, -0.25) is 14.9 Å². The molecule has 0 saturated heterocycles. The molecule has 0 unspecified atom stereocenters. The van der Waals surface area contributed by atoms with Crippen molar-refractivity contribution >= 4 is 11.6 Å². The minimum Gasteiger partial charge on any atom is -0.308 e. The van der Waals surface area contributed by atoms with Gasteiger partial charge >= 0.3 is 0 Å². The lowest BCUT2D eigenvalue weighted by Crippen LogP contribution is -2.57. The highest BCUT2D eigenvalue weighted by molar-refractivity contribution is 5.91. The molecule has 0 fully saturated rings. The lowest BCUT2D eigenvalue weighted by atomic mass is 9.85. The number of carbonyl (C=O) groups excluding carboxylic acids is 2. The summed E-state index contributed by atoms with van der Waals surface area (Å²) in [6.07, 6.45) is 1.33. The summed E-state index contributed by atoms with van der Waals surface area (Å²) >= 11 is 0. The van der Waals surface area contributed by atoms with E-state index in [-0.39, 0.29) is 18.1 Å². The van der Waals surface area contributed by atoms with Gasteiger partial charge in [-0.15, -0.1) is 0 Å². The van der Waals surface area contributed by atoms with Crippen LogP contribution in [0.15, 0.2) is 30.3 Å². The molecule has 0 aromatic heterocycles. The van der Waals surface area contributed by atoms with Crippen LogP contribution in [0.3, 0.4) is 0 Å². The van der Waals surface area contributed by atoms with E-state index in [0.717, 1.165) is 5.56 Å². The average molecular weight is 332 g/mol. The van der Waals surface area contributed by atoms with Crippen LogP contribution in [0, 0.1) is 5.92 Å². The normalized spacial score (nSPS) is 16.5. The van der Waals surface area contributed by atoms with E-state index in [1.807, 2.05) is 44.2 Å². The summed E-state index contributed by atoms with van der Waals surface area (Å²) in [5.41, 5.74) is -0.214. The zero-order chi connectivity index (χ0) is 18.4. The van der Waals surface area contributed by atoms with Crippen LogP contribution in [0.2, 0.25) is 0 Å². The standard InChI is InChI=1S/C20H32N2O2/c1-15(2)12-19(4,16(3)23)22-14-18(24)20(5,21-6)13-17-10-8-7-9-11-17/h7-11,15,21-22H,12-14H2,1-6H3/t19-,20-/m0/s1. The maximum atomic E-state index is 12.8. The van der Waals surface area contributed by atoms with Gasteiger partial charge in [0.25, 0.3) is 0 Å². The predicted octanol–water partition coefficient (Wildman–Crippen LogP) is 2.76. The van der Waals surface area contributed by atoms with Gasteiger partial charge in [0.2, 0.25) is 0 Å². The minimum atomic E-state index is -0.663. The van der Waals surface area contributed by atoms with Crippen LogP contribution in [-0.4, -0.2) is 36.2 Å². The SMILES string of the molecule is CN[C@@](C)(Cc1ccccc1)C(=O)CN[C@@](C)(CC(C)C)C(C)=O. The topological polar surface area (TPSA) is 58.2 Å². The number of ketones is 2. The second-order valence-corrected chi connectivity index (χ2v) is 7.51. The van der Waals surface area contributed by atoms with Crippen molar-refractivity contribution in [1.29, 1.82) is 0 Å². The monoisotopic (exact) mass is 332 g/mol. The Morgan fingerprint density at radius 3 is 2.12 bits per heavy atom. The number of Topliss-reactive ketones (excluding diaryl/α,β-unsaturated/α-hetero) is 2. The van der Waals surface area contributed by atoms with Gasteiger partial charge in [0.1, 0.15) is 5.78 Å². The van der Waals surface area contributed by atoms with Crippen molar-refractivity contribution in [2.45, 2.75) is 58.5 Å². The molecule has 1 rings (SSSR count). The molecule has 1 aromatic rings. The van der Waals surface area contributed by atoms with Gasteiger partial charge in [-0.1, -0.05) is 44.2 Å². The molecule has 0 spiro atoms.